The van der Waals surface area contributed by atoms with Crippen molar-refractivity contribution in [1.29, 1.82) is 0 Å². The van der Waals surface area contributed by atoms with Gasteiger partial charge in [-0.25, -0.2) is 4.79 Å². The number of rotatable bonds is 9. The normalized spacial score (nSPS) is 10.5. The lowest BCUT2D eigenvalue weighted by molar-refractivity contribution is 0.0474. The second-order valence-corrected chi connectivity index (χ2v) is 8.77. The summed E-state index contributed by atoms with van der Waals surface area (Å²) in [5.74, 6) is 0.00489. The first-order valence-corrected chi connectivity index (χ1v) is 11.6. The molecule has 0 aliphatic carbocycles. The minimum Gasteiger partial charge on any atom is -0.490 e. The molecule has 0 heterocycles. The lowest BCUT2D eigenvalue weighted by atomic mass is 10.1. The molecule has 0 aliphatic rings. The lowest BCUT2D eigenvalue weighted by Gasteiger charge is -2.15. The molecule has 0 saturated carbocycles. The summed E-state index contributed by atoms with van der Waals surface area (Å²) in [7, 11) is 0. The maximum atomic E-state index is 12.6. The number of ether oxygens (including phenoxy) is 3. The highest BCUT2D eigenvalue weighted by atomic mass is 79.9. The van der Waals surface area contributed by atoms with E-state index < -0.39 is 5.97 Å². The third-order valence-corrected chi connectivity index (χ3v) is 5.67. The van der Waals surface area contributed by atoms with Crippen LogP contribution in [0.25, 0.3) is 0 Å². The molecule has 0 unspecified atom stereocenters. The number of benzene rings is 3. The Bertz CT molecular complexity index is 1090. The van der Waals surface area contributed by atoms with Crippen LogP contribution >= 0.6 is 31.9 Å². The Balaban J connectivity index is 1.70. The first kappa shape index (κ1) is 24.0. The number of carbonyl (C=O) groups excluding carboxylic acids is 2. The Morgan fingerprint density at radius 2 is 1.56 bits per heavy atom. The van der Waals surface area contributed by atoms with Crippen molar-refractivity contribution in [3.05, 3.63) is 91.9 Å². The Labute approximate surface area is 203 Å². The standard InChI is InChI=1S/C25H22Br2O5/c1-3-30-23-13-19(25(29)32-15-22(28)18-8-10-20(26)11-9-18)12-21(27)24(23)31-14-17-6-4-16(2)5-7-17/h4-13H,3,14-15H2,1-2H3. The van der Waals surface area contributed by atoms with Gasteiger partial charge in [-0.2, -0.15) is 0 Å². The van der Waals surface area contributed by atoms with Gasteiger partial charge in [-0.1, -0.05) is 57.9 Å². The summed E-state index contributed by atoms with van der Waals surface area (Å²) in [6.07, 6.45) is 0. The van der Waals surface area contributed by atoms with Gasteiger partial charge < -0.3 is 14.2 Å². The van der Waals surface area contributed by atoms with Crippen LogP contribution in [0.5, 0.6) is 11.5 Å². The summed E-state index contributed by atoms with van der Waals surface area (Å²) in [6, 6.07) is 18.1. The van der Waals surface area contributed by atoms with Crippen LogP contribution < -0.4 is 9.47 Å². The minimum absolute atomic E-state index is 0.256. The molecule has 3 aromatic carbocycles. The zero-order valence-corrected chi connectivity index (χ0v) is 20.9. The third-order valence-electron chi connectivity index (χ3n) is 4.55. The predicted molar refractivity (Wildman–Crippen MR) is 130 cm³/mol. The van der Waals surface area contributed by atoms with Crippen LogP contribution in [-0.4, -0.2) is 25.0 Å². The van der Waals surface area contributed by atoms with E-state index in [9.17, 15) is 9.59 Å². The third kappa shape index (κ3) is 6.43. The molecule has 0 spiro atoms. The summed E-state index contributed by atoms with van der Waals surface area (Å²) in [6.45, 7) is 4.27. The zero-order valence-electron chi connectivity index (χ0n) is 17.7. The molecule has 0 aliphatic heterocycles. The van der Waals surface area contributed by atoms with Gasteiger partial charge in [-0.3, -0.25) is 4.79 Å². The second kappa shape index (κ2) is 11.3. The van der Waals surface area contributed by atoms with Crippen molar-refractivity contribution in [2.24, 2.45) is 0 Å². The van der Waals surface area contributed by atoms with Crippen LogP contribution in [0.3, 0.4) is 0 Å². The van der Waals surface area contributed by atoms with Crippen LogP contribution in [0.1, 0.15) is 38.8 Å². The van der Waals surface area contributed by atoms with E-state index in [0.29, 0.717) is 34.7 Å². The summed E-state index contributed by atoms with van der Waals surface area (Å²) in [5.41, 5.74) is 2.91. The Morgan fingerprint density at radius 1 is 0.875 bits per heavy atom. The van der Waals surface area contributed by atoms with Gasteiger partial charge in [0.05, 0.1) is 16.6 Å². The molecule has 0 radical (unpaired) electrons. The summed E-state index contributed by atoms with van der Waals surface area (Å²) in [4.78, 5) is 24.8. The maximum Gasteiger partial charge on any atom is 0.338 e. The lowest BCUT2D eigenvalue weighted by Crippen LogP contribution is -2.14. The number of halogens is 2. The summed E-state index contributed by atoms with van der Waals surface area (Å²) in [5, 5.41) is 0. The Kier molecular flexibility index (Phi) is 8.47. The van der Waals surface area contributed by atoms with Gasteiger partial charge in [-0.15, -0.1) is 0 Å². The van der Waals surface area contributed by atoms with Crippen molar-refractivity contribution in [3.63, 3.8) is 0 Å². The van der Waals surface area contributed by atoms with Gasteiger partial charge in [0, 0.05) is 10.0 Å². The first-order chi connectivity index (χ1) is 15.4. The quantitative estimate of drug-likeness (QED) is 0.219. The molecule has 7 heteroatoms. The van der Waals surface area contributed by atoms with E-state index in [1.807, 2.05) is 38.1 Å². The van der Waals surface area contributed by atoms with Gasteiger partial charge in [0.2, 0.25) is 0 Å². The fraction of sp³-hybridized carbons (Fsp3) is 0.200. The van der Waals surface area contributed by atoms with Crippen LogP contribution in [0.4, 0.5) is 0 Å². The summed E-state index contributed by atoms with van der Waals surface area (Å²) < 4.78 is 18.3. The average Bonchev–Trinajstić information content (AvgIpc) is 2.78. The Morgan fingerprint density at radius 3 is 2.22 bits per heavy atom. The van der Waals surface area contributed by atoms with Crippen LogP contribution in [0.2, 0.25) is 0 Å². The van der Waals surface area contributed by atoms with Crippen molar-refractivity contribution in [2.75, 3.05) is 13.2 Å². The van der Waals surface area contributed by atoms with Crippen LogP contribution in [-0.2, 0) is 11.3 Å². The number of Topliss-reactive ketones (excluding diaryl/α,β-unsaturated/α-hetero) is 1. The number of aryl methyl sites for hydroxylation is 1. The molecule has 0 amide bonds. The van der Waals surface area contributed by atoms with Gasteiger partial charge in [0.15, 0.2) is 23.9 Å². The molecule has 3 rings (SSSR count). The van der Waals surface area contributed by atoms with Gasteiger partial charge in [-0.05, 0) is 59.6 Å². The fourth-order valence-corrected chi connectivity index (χ4v) is 3.68. The molecule has 0 atom stereocenters. The number of esters is 1. The van der Waals surface area contributed by atoms with Crippen LogP contribution in [0.15, 0.2) is 69.6 Å². The van der Waals surface area contributed by atoms with E-state index in [-0.39, 0.29) is 18.0 Å². The summed E-state index contributed by atoms with van der Waals surface area (Å²) >= 11 is 6.78. The van der Waals surface area contributed by atoms with E-state index in [1.54, 1.807) is 36.4 Å². The molecule has 0 aromatic heterocycles. The molecular weight excluding hydrogens is 540 g/mol. The minimum atomic E-state index is -0.623. The van der Waals surface area contributed by atoms with E-state index in [0.717, 1.165) is 10.0 Å². The van der Waals surface area contributed by atoms with Crippen LogP contribution in [0, 0.1) is 6.92 Å². The monoisotopic (exact) mass is 560 g/mol. The average molecular weight is 562 g/mol. The number of hydrogen-bond acceptors (Lipinski definition) is 5. The number of carbonyl (C=O) groups is 2. The largest absolute Gasteiger partial charge is 0.490 e. The van der Waals surface area contributed by atoms with Crippen molar-refractivity contribution in [1.82, 2.24) is 0 Å². The predicted octanol–water partition coefficient (Wildman–Crippen LogP) is 6.54. The topological polar surface area (TPSA) is 61.8 Å². The maximum absolute atomic E-state index is 12.6. The van der Waals surface area contributed by atoms with Crippen molar-refractivity contribution < 1.29 is 23.8 Å². The Hall–Kier alpha value is -2.64. The molecule has 166 valence electrons. The van der Waals surface area contributed by atoms with E-state index in [4.69, 9.17) is 14.2 Å². The highest BCUT2D eigenvalue weighted by Gasteiger charge is 2.18. The van der Waals surface area contributed by atoms with E-state index in [1.165, 1.54) is 5.56 Å². The number of ketones is 1. The fourth-order valence-electron chi connectivity index (χ4n) is 2.86. The van der Waals surface area contributed by atoms with E-state index in [2.05, 4.69) is 31.9 Å². The molecule has 32 heavy (non-hydrogen) atoms. The SMILES string of the molecule is CCOc1cc(C(=O)OCC(=O)c2ccc(Br)cc2)cc(Br)c1OCc1ccc(C)cc1. The van der Waals surface area contributed by atoms with Crippen molar-refractivity contribution in [2.45, 2.75) is 20.5 Å². The zero-order chi connectivity index (χ0) is 23.1. The molecule has 0 N–H and O–H groups in total. The van der Waals surface area contributed by atoms with Crippen molar-refractivity contribution in [3.8, 4) is 11.5 Å². The molecular formula is C25H22Br2O5. The highest BCUT2D eigenvalue weighted by Crippen LogP contribution is 2.37. The van der Waals surface area contributed by atoms with E-state index >= 15 is 0 Å². The second-order valence-electron chi connectivity index (χ2n) is 7.00. The van der Waals surface area contributed by atoms with Gasteiger partial charge >= 0.3 is 5.97 Å². The molecule has 0 saturated heterocycles. The molecule has 5 nitrogen and oxygen atoms in total. The van der Waals surface area contributed by atoms with Crippen molar-refractivity contribution >= 4 is 43.6 Å². The highest BCUT2D eigenvalue weighted by molar-refractivity contribution is 9.10. The van der Waals surface area contributed by atoms with Gasteiger partial charge in [0.1, 0.15) is 6.61 Å². The molecule has 0 fully saturated rings. The molecule has 0 bridgehead atoms. The smallest absolute Gasteiger partial charge is 0.338 e. The first-order valence-electron chi connectivity index (χ1n) is 9.98. The van der Waals surface area contributed by atoms with Gasteiger partial charge in [0.25, 0.3) is 0 Å². The number of hydrogen-bond donors (Lipinski definition) is 0. The molecule has 3 aromatic rings.